The Morgan fingerprint density at radius 1 is 0.765 bits per heavy atom. The zero-order valence-electron chi connectivity index (χ0n) is 21.4. The molecule has 5 nitrogen and oxygen atoms in total. The molecule has 1 aliphatic carbocycles. The monoisotopic (exact) mass is 464 g/mol. The molecule has 1 aliphatic rings. The van der Waals surface area contributed by atoms with E-state index in [2.05, 4.69) is 20.8 Å². The molecule has 0 saturated heterocycles. The molecule has 5 heteroatoms. The average Bonchev–Trinajstić information content (AvgIpc) is 2.85. The molecule has 0 aliphatic heterocycles. The molecule has 0 aromatic heterocycles. The quantitative estimate of drug-likeness (QED) is 0.412. The molecule has 182 valence electrons. The van der Waals surface area contributed by atoms with Gasteiger partial charge < -0.3 is 18.9 Å². The van der Waals surface area contributed by atoms with Gasteiger partial charge in [0.1, 0.15) is 0 Å². The maximum atomic E-state index is 13.6. The fourth-order valence-corrected chi connectivity index (χ4v) is 4.37. The molecule has 0 unspecified atom stereocenters. The van der Waals surface area contributed by atoms with Crippen LogP contribution in [0.5, 0.6) is 23.0 Å². The summed E-state index contributed by atoms with van der Waals surface area (Å²) in [6, 6.07) is 11.5. The van der Waals surface area contributed by atoms with Crippen molar-refractivity contribution >= 4 is 17.9 Å². The first kappa shape index (κ1) is 25.4. The summed E-state index contributed by atoms with van der Waals surface area (Å²) in [6.07, 6.45) is 6.52. The summed E-state index contributed by atoms with van der Waals surface area (Å²) in [5.41, 5.74) is 3.57. The molecule has 0 spiro atoms. The van der Waals surface area contributed by atoms with Gasteiger partial charge in [-0.3, -0.25) is 4.79 Å². The van der Waals surface area contributed by atoms with Crippen molar-refractivity contribution in [1.29, 1.82) is 0 Å². The first-order valence-corrected chi connectivity index (χ1v) is 11.7. The molecule has 0 amide bonds. The van der Waals surface area contributed by atoms with Crippen LogP contribution in [0.2, 0.25) is 0 Å². The number of methoxy groups -OCH3 is 4. The smallest absolute Gasteiger partial charge is 0.185 e. The first-order chi connectivity index (χ1) is 16.3. The van der Waals surface area contributed by atoms with E-state index in [0.29, 0.717) is 28.9 Å². The van der Waals surface area contributed by atoms with Crippen LogP contribution in [0.15, 0.2) is 47.5 Å². The second-order valence-corrected chi connectivity index (χ2v) is 9.34. The number of hydrogen-bond donors (Lipinski definition) is 0. The summed E-state index contributed by atoms with van der Waals surface area (Å²) in [4.78, 5) is 13.6. The molecular weight excluding hydrogens is 428 g/mol. The van der Waals surface area contributed by atoms with Crippen LogP contribution >= 0.6 is 0 Å². The minimum Gasteiger partial charge on any atom is -0.493 e. The Hall–Kier alpha value is -3.21. The van der Waals surface area contributed by atoms with Crippen molar-refractivity contribution in [2.45, 2.75) is 40.0 Å². The van der Waals surface area contributed by atoms with E-state index in [4.69, 9.17) is 18.9 Å². The van der Waals surface area contributed by atoms with Gasteiger partial charge in [0.25, 0.3) is 0 Å². The zero-order chi connectivity index (χ0) is 24.9. The molecule has 2 aromatic carbocycles. The Morgan fingerprint density at radius 2 is 1.18 bits per heavy atom. The van der Waals surface area contributed by atoms with Gasteiger partial charge in [0, 0.05) is 11.1 Å². The Labute approximate surface area is 203 Å². The van der Waals surface area contributed by atoms with Gasteiger partial charge in [-0.1, -0.05) is 39.3 Å². The Bertz CT molecular complexity index is 1020. The van der Waals surface area contributed by atoms with E-state index >= 15 is 0 Å². The average molecular weight is 465 g/mol. The fraction of sp³-hybridized carbons (Fsp3) is 0.414. The highest BCUT2D eigenvalue weighted by atomic mass is 16.5. The molecule has 1 fully saturated rings. The van der Waals surface area contributed by atoms with Crippen molar-refractivity contribution in [3.63, 3.8) is 0 Å². The number of hydrogen-bond acceptors (Lipinski definition) is 5. The molecule has 3 rings (SSSR count). The van der Waals surface area contributed by atoms with Crippen molar-refractivity contribution in [3.05, 3.63) is 58.7 Å². The second kappa shape index (κ2) is 10.8. The lowest BCUT2D eigenvalue weighted by Gasteiger charge is -2.38. The van der Waals surface area contributed by atoms with E-state index in [-0.39, 0.29) is 11.2 Å². The predicted molar refractivity (Wildman–Crippen MR) is 137 cm³/mol. The Morgan fingerprint density at radius 3 is 1.53 bits per heavy atom. The van der Waals surface area contributed by atoms with E-state index in [1.165, 1.54) is 0 Å². The fourth-order valence-electron chi connectivity index (χ4n) is 4.37. The maximum absolute atomic E-state index is 13.6. The van der Waals surface area contributed by atoms with Crippen LogP contribution in [-0.4, -0.2) is 34.2 Å². The number of rotatable bonds is 8. The lowest BCUT2D eigenvalue weighted by Crippen LogP contribution is -2.30. The number of Topliss-reactive ketones (excluding diaryl/α,β-unsaturated/α-hetero) is 1. The summed E-state index contributed by atoms with van der Waals surface area (Å²) >= 11 is 0. The predicted octanol–water partition coefficient (Wildman–Crippen LogP) is 6.60. The Balaban J connectivity index is 2.05. The lowest BCUT2D eigenvalue weighted by molar-refractivity contribution is -0.113. The first-order valence-electron chi connectivity index (χ1n) is 11.7. The van der Waals surface area contributed by atoms with Gasteiger partial charge in [-0.25, -0.2) is 0 Å². The number of carbonyl (C=O) groups excluding carboxylic acids is 1. The highest BCUT2D eigenvalue weighted by Crippen LogP contribution is 2.44. The molecule has 34 heavy (non-hydrogen) atoms. The summed E-state index contributed by atoms with van der Waals surface area (Å²) in [6.45, 7) is 6.79. The van der Waals surface area contributed by atoms with Gasteiger partial charge in [0.05, 0.1) is 28.4 Å². The summed E-state index contributed by atoms with van der Waals surface area (Å²) in [5, 5.41) is 0. The van der Waals surface area contributed by atoms with Crippen LogP contribution in [0.4, 0.5) is 0 Å². The molecule has 0 atom stereocenters. The van der Waals surface area contributed by atoms with Crippen LogP contribution in [0, 0.1) is 11.3 Å². The number of ether oxygens (including phenoxy) is 4. The van der Waals surface area contributed by atoms with Gasteiger partial charge in [0.15, 0.2) is 28.8 Å². The van der Waals surface area contributed by atoms with Gasteiger partial charge in [-0.15, -0.1) is 0 Å². The van der Waals surface area contributed by atoms with E-state index < -0.39 is 0 Å². The molecule has 1 saturated carbocycles. The third-order valence-corrected chi connectivity index (χ3v) is 7.03. The normalized spacial score (nSPS) is 18.8. The minimum absolute atomic E-state index is 0.0905. The molecule has 0 heterocycles. The molecule has 2 aromatic rings. The van der Waals surface area contributed by atoms with Crippen molar-refractivity contribution in [2.75, 3.05) is 28.4 Å². The maximum Gasteiger partial charge on any atom is 0.185 e. The van der Waals surface area contributed by atoms with Gasteiger partial charge in [0.2, 0.25) is 0 Å². The third-order valence-electron chi connectivity index (χ3n) is 7.03. The third kappa shape index (κ3) is 5.46. The molecular formula is C29H36O5. The summed E-state index contributed by atoms with van der Waals surface area (Å²) in [5.74, 6) is 3.07. The zero-order valence-corrected chi connectivity index (χ0v) is 21.4. The minimum atomic E-state index is 0.0905. The SMILES string of the molecule is CCC(C)(C)C1C/C(=C\c2ccc(OC)c(OC)c2)C(=O)/C(=C/c2ccc(OC)c(OC)c2)C1. The van der Waals surface area contributed by atoms with Crippen LogP contribution in [0.1, 0.15) is 51.2 Å². The van der Waals surface area contributed by atoms with Crippen molar-refractivity contribution in [3.8, 4) is 23.0 Å². The van der Waals surface area contributed by atoms with E-state index in [1.54, 1.807) is 28.4 Å². The topological polar surface area (TPSA) is 54.0 Å². The molecule has 0 radical (unpaired) electrons. The van der Waals surface area contributed by atoms with Gasteiger partial charge in [-0.05, 0) is 71.7 Å². The van der Waals surface area contributed by atoms with Crippen LogP contribution in [0.25, 0.3) is 12.2 Å². The van der Waals surface area contributed by atoms with Crippen molar-refractivity contribution in [2.24, 2.45) is 11.3 Å². The van der Waals surface area contributed by atoms with E-state index in [0.717, 1.165) is 41.5 Å². The second-order valence-electron chi connectivity index (χ2n) is 9.34. The summed E-state index contributed by atoms with van der Waals surface area (Å²) < 4.78 is 21.6. The van der Waals surface area contributed by atoms with Crippen LogP contribution in [0.3, 0.4) is 0 Å². The number of benzene rings is 2. The van der Waals surface area contributed by atoms with Crippen LogP contribution in [-0.2, 0) is 4.79 Å². The largest absolute Gasteiger partial charge is 0.493 e. The molecule has 0 N–H and O–H groups in total. The van der Waals surface area contributed by atoms with E-state index in [1.807, 2.05) is 48.6 Å². The highest BCUT2D eigenvalue weighted by molar-refractivity contribution is 6.14. The summed E-state index contributed by atoms with van der Waals surface area (Å²) in [7, 11) is 6.46. The van der Waals surface area contributed by atoms with Crippen LogP contribution < -0.4 is 18.9 Å². The molecule has 0 bridgehead atoms. The van der Waals surface area contributed by atoms with Gasteiger partial charge >= 0.3 is 0 Å². The highest BCUT2D eigenvalue weighted by Gasteiger charge is 2.36. The van der Waals surface area contributed by atoms with Gasteiger partial charge in [-0.2, -0.15) is 0 Å². The lowest BCUT2D eigenvalue weighted by atomic mass is 9.66. The number of carbonyl (C=O) groups is 1. The number of ketones is 1. The van der Waals surface area contributed by atoms with Crippen molar-refractivity contribution in [1.82, 2.24) is 0 Å². The Kier molecular flexibility index (Phi) is 8.08. The standard InChI is InChI=1S/C29H36O5/c1-8-29(2,3)23-17-21(13-19-9-11-24(31-4)26(15-19)33-6)28(30)22(18-23)14-20-10-12-25(32-5)27(16-20)34-7/h9-16,23H,8,17-18H2,1-7H3/b21-13+,22-14+. The van der Waals surface area contributed by atoms with E-state index in [9.17, 15) is 4.79 Å². The van der Waals surface area contributed by atoms with Crippen molar-refractivity contribution < 1.29 is 23.7 Å². The number of allylic oxidation sites excluding steroid dienone is 2.